The molecule has 0 bridgehead atoms. The molecule has 1 fully saturated rings. The van der Waals surface area contributed by atoms with E-state index in [0.717, 1.165) is 44.6 Å². The van der Waals surface area contributed by atoms with Crippen molar-refractivity contribution in [1.82, 2.24) is 0 Å². The number of anilines is 1. The zero-order chi connectivity index (χ0) is 13.7. The number of rotatable bonds is 4. The van der Waals surface area contributed by atoms with Crippen LogP contribution in [0.25, 0.3) is 0 Å². The van der Waals surface area contributed by atoms with E-state index in [1.165, 1.54) is 0 Å². The van der Waals surface area contributed by atoms with Gasteiger partial charge in [-0.15, -0.1) is 0 Å². The highest BCUT2D eigenvalue weighted by Gasteiger charge is 2.22. The fraction of sp³-hybridized carbons (Fsp3) is 0.533. The second kappa shape index (κ2) is 6.79. The lowest BCUT2D eigenvalue weighted by Crippen LogP contribution is -2.40. The third kappa shape index (κ3) is 3.62. The molecule has 1 aromatic carbocycles. The Labute approximate surface area is 119 Å². The van der Waals surface area contributed by atoms with Crippen LogP contribution < -0.4 is 4.90 Å². The van der Waals surface area contributed by atoms with E-state index >= 15 is 0 Å². The van der Waals surface area contributed by atoms with Crippen LogP contribution in [0.15, 0.2) is 18.2 Å². The van der Waals surface area contributed by atoms with Gasteiger partial charge in [-0.1, -0.05) is 18.5 Å². The molecule has 1 heterocycles. The van der Waals surface area contributed by atoms with Crippen molar-refractivity contribution in [3.8, 4) is 6.07 Å². The van der Waals surface area contributed by atoms with Gasteiger partial charge in [0, 0.05) is 24.7 Å². The summed E-state index contributed by atoms with van der Waals surface area (Å²) in [5, 5.41) is 9.87. The normalized spacial score (nSPS) is 19.2. The Kier molecular flexibility index (Phi) is 5.07. The van der Waals surface area contributed by atoms with Gasteiger partial charge in [-0.2, -0.15) is 5.26 Å². The summed E-state index contributed by atoms with van der Waals surface area (Å²) in [7, 11) is 0. The average Bonchev–Trinajstić information content (AvgIpc) is 2.45. The predicted molar refractivity (Wildman–Crippen MR) is 77.6 cm³/mol. The van der Waals surface area contributed by atoms with Gasteiger partial charge in [-0.25, -0.2) is 0 Å². The number of nitriles is 1. The van der Waals surface area contributed by atoms with Gasteiger partial charge in [0.15, 0.2) is 0 Å². The molecule has 0 saturated carbocycles. The first-order chi connectivity index (χ1) is 9.24. The van der Waals surface area contributed by atoms with Crippen LogP contribution in [0.3, 0.4) is 0 Å². The number of piperidine rings is 1. The van der Waals surface area contributed by atoms with Gasteiger partial charge >= 0.3 is 0 Å². The van der Waals surface area contributed by atoms with Crippen LogP contribution in [0.2, 0.25) is 5.02 Å². The van der Waals surface area contributed by atoms with Gasteiger partial charge in [0.05, 0.1) is 17.4 Å². The van der Waals surface area contributed by atoms with Crippen molar-refractivity contribution in [3.63, 3.8) is 0 Å². The molecule has 0 amide bonds. The number of benzene rings is 1. The summed E-state index contributed by atoms with van der Waals surface area (Å²) >= 11 is 6.05. The van der Waals surface area contributed by atoms with Crippen molar-refractivity contribution in [2.45, 2.75) is 32.3 Å². The molecule has 1 aromatic rings. The average molecular weight is 279 g/mol. The van der Waals surface area contributed by atoms with E-state index in [2.05, 4.69) is 17.9 Å². The summed E-state index contributed by atoms with van der Waals surface area (Å²) in [5.41, 5.74) is 1.61. The topological polar surface area (TPSA) is 36.3 Å². The smallest absolute Gasteiger partial charge is 0.101 e. The molecule has 0 N–H and O–H groups in total. The number of hydrogen-bond acceptors (Lipinski definition) is 3. The predicted octanol–water partition coefficient (Wildman–Crippen LogP) is 3.61. The third-order valence-corrected chi connectivity index (χ3v) is 3.59. The Balaban J connectivity index is 2.13. The number of halogens is 1. The maximum Gasteiger partial charge on any atom is 0.101 e. The van der Waals surface area contributed by atoms with E-state index in [9.17, 15) is 5.26 Å². The standard InChI is InChI=1S/C15H19ClN2O/c1-2-8-19-14-4-3-7-18(11-14)15-9-13(16)6-5-12(15)10-17/h5-6,9,14H,2-4,7-8,11H2,1H3. The second-order valence-electron chi connectivity index (χ2n) is 4.85. The molecule has 0 radical (unpaired) electrons. The minimum absolute atomic E-state index is 0.263. The first-order valence-electron chi connectivity index (χ1n) is 6.80. The fourth-order valence-electron chi connectivity index (χ4n) is 2.44. The van der Waals surface area contributed by atoms with E-state index < -0.39 is 0 Å². The van der Waals surface area contributed by atoms with E-state index in [4.69, 9.17) is 16.3 Å². The maximum absolute atomic E-state index is 9.20. The van der Waals surface area contributed by atoms with Crippen LogP contribution in [-0.4, -0.2) is 25.8 Å². The summed E-state index contributed by atoms with van der Waals surface area (Å²) in [6.45, 7) is 4.72. The van der Waals surface area contributed by atoms with Gasteiger partial charge in [0.25, 0.3) is 0 Å². The maximum atomic E-state index is 9.20. The molecule has 0 spiro atoms. The lowest BCUT2D eigenvalue weighted by molar-refractivity contribution is 0.0440. The molecule has 0 aliphatic carbocycles. The minimum atomic E-state index is 0.263. The van der Waals surface area contributed by atoms with E-state index in [1.807, 2.05) is 6.07 Å². The summed E-state index contributed by atoms with van der Waals surface area (Å²) in [6, 6.07) is 7.66. The first kappa shape index (κ1) is 14.2. The summed E-state index contributed by atoms with van der Waals surface area (Å²) < 4.78 is 5.83. The molecule has 102 valence electrons. The van der Waals surface area contributed by atoms with E-state index in [0.29, 0.717) is 10.6 Å². The lowest BCUT2D eigenvalue weighted by atomic mass is 10.1. The van der Waals surface area contributed by atoms with E-state index in [-0.39, 0.29) is 6.10 Å². The monoisotopic (exact) mass is 278 g/mol. The molecule has 1 aliphatic rings. The third-order valence-electron chi connectivity index (χ3n) is 3.36. The Hall–Kier alpha value is -1.24. The van der Waals surface area contributed by atoms with E-state index in [1.54, 1.807) is 12.1 Å². The second-order valence-corrected chi connectivity index (χ2v) is 5.29. The van der Waals surface area contributed by atoms with Crippen molar-refractivity contribution in [3.05, 3.63) is 28.8 Å². The SMILES string of the molecule is CCCOC1CCCN(c2cc(Cl)ccc2C#N)C1. The Morgan fingerprint density at radius 1 is 1.53 bits per heavy atom. The van der Waals surface area contributed by atoms with Gasteiger partial charge in [-0.3, -0.25) is 0 Å². The van der Waals surface area contributed by atoms with Crippen molar-refractivity contribution < 1.29 is 4.74 Å². The highest BCUT2D eigenvalue weighted by molar-refractivity contribution is 6.30. The Bertz CT molecular complexity index is 470. The van der Waals surface area contributed by atoms with Crippen molar-refractivity contribution in [1.29, 1.82) is 5.26 Å². The van der Waals surface area contributed by atoms with Crippen molar-refractivity contribution in [2.24, 2.45) is 0 Å². The summed E-state index contributed by atoms with van der Waals surface area (Å²) in [4.78, 5) is 2.22. The molecule has 1 aliphatic heterocycles. The molecule has 1 saturated heterocycles. The first-order valence-corrected chi connectivity index (χ1v) is 7.18. The minimum Gasteiger partial charge on any atom is -0.376 e. The van der Waals surface area contributed by atoms with Gasteiger partial charge in [0.2, 0.25) is 0 Å². The molecular weight excluding hydrogens is 260 g/mol. The lowest BCUT2D eigenvalue weighted by Gasteiger charge is -2.34. The zero-order valence-corrected chi connectivity index (χ0v) is 12.0. The molecule has 1 unspecified atom stereocenters. The fourth-order valence-corrected chi connectivity index (χ4v) is 2.60. The Morgan fingerprint density at radius 3 is 3.11 bits per heavy atom. The Morgan fingerprint density at radius 2 is 2.37 bits per heavy atom. The molecule has 3 nitrogen and oxygen atoms in total. The summed E-state index contributed by atoms with van der Waals surface area (Å²) in [6.07, 6.45) is 3.49. The van der Waals surface area contributed by atoms with Crippen molar-refractivity contribution >= 4 is 17.3 Å². The van der Waals surface area contributed by atoms with Crippen LogP contribution in [0.4, 0.5) is 5.69 Å². The van der Waals surface area contributed by atoms with Crippen LogP contribution in [-0.2, 0) is 4.74 Å². The van der Waals surface area contributed by atoms with Gasteiger partial charge in [-0.05, 0) is 37.5 Å². The number of hydrogen-bond donors (Lipinski definition) is 0. The van der Waals surface area contributed by atoms with Crippen LogP contribution >= 0.6 is 11.6 Å². The van der Waals surface area contributed by atoms with Crippen LogP contribution in [0, 0.1) is 11.3 Å². The number of ether oxygens (including phenoxy) is 1. The van der Waals surface area contributed by atoms with Gasteiger partial charge in [0.1, 0.15) is 6.07 Å². The van der Waals surface area contributed by atoms with Crippen LogP contribution in [0.1, 0.15) is 31.7 Å². The number of nitrogens with zero attached hydrogens (tertiary/aromatic N) is 2. The zero-order valence-electron chi connectivity index (χ0n) is 11.2. The quantitative estimate of drug-likeness (QED) is 0.844. The molecule has 2 rings (SSSR count). The molecular formula is C15H19ClN2O. The van der Waals surface area contributed by atoms with Crippen molar-refractivity contribution in [2.75, 3.05) is 24.6 Å². The van der Waals surface area contributed by atoms with Crippen LogP contribution in [0.5, 0.6) is 0 Å². The van der Waals surface area contributed by atoms with Gasteiger partial charge < -0.3 is 9.64 Å². The highest BCUT2D eigenvalue weighted by Crippen LogP contribution is 2.27. The summed E-state index contributed by atoms with van der Waals surface area (Å²) in [5.74, 6) is 0. The largest absolute Gasteiger partial charge is 0.376 e. The molecule has 4 heteroatoms. The molecule has 1 atom stereocenters. The molecule has 0 aromatic heterocycles. The highest BCUT2D eigenvalue weighted by atomic mass is 35.5. The molecule has 19 heavy (non-hydrogen) atoms.